The van der Waals surface area contributed by atoms with Crippen molar-refractivity contribution in [2.24, 2.45) is 0 Å². The molecule has 0 atom stereocenters. The van der Waals surface area contributed by atoms with Crippen molar-refractivity contribution in [3.05, 3.63) is 53.9 Å². The average Bonchev–Trinajstić information content (AvgIpc) is 3.48. The van der Waals surface area contributed by atoms with E-state index in [0.717, 1.165) is 46.8 Å². The maximum Gasteiger partial charge on any atom is 0.232 e. The summed E-state index contributed by atoms with van der Waals surface area (Å²) in [6.07, 6.45) is 4.21. The molecule has 1 aliphatic carbocycles. The van der Waals surface area contributed by atoms with Gasteiger partial charge in [0.05, 0.1) is 22.4 Å². The Labute approximate surface area is 177 Å². The van der Waals surface area contributed by atoms with Gasteiger partial charge in [-0.25, -0.2) is 22.2 Å². The van der Waals surface area contributed by atoms with Crippen molar-refractivity contribution in [1.82, 2.24) is 15.2 Å². The van der Waals surface area contributed by atoms with Crippen LogP contribution in [-0.4, -0.2) is 29.4 Å². The van der Waals surface area contributed by atoms with Crippen LogP contribution in [0.1, 0.15) is 37.8 Å². The second-order valence-corrected chi connectivity index (χ2v) is 9.72. The number of hydrogen-bond donors (Lipinski definition) is 2. The van der Waals surface area contributed by atoms with Crippen molar-refractivity contribution in [1.29, 1.82) is 0 Å². The maximum absolute atomic E-state index is 15.2. The number of anilines is 1. The van der Waals surface area contributed by atoms with E-state index >= 15 is 4.39 Å². The Morgan fingerprint density at radius 3 is 2.74 bits per heavy atom. The van der Waals surface area contributed by atoms with Crippen LogP contribution in [0, 0.1) is 11.6 Å². The van der Waals surface area contributed by atoms with Gasteiger partial charge < -0.3 is 0 Å². The quantitative estimate of drug-likeness (QED) is 0.436. The number of aromatic nitrogens is 3. The zero-order chi connectivity index (χ0) is 21.8. The van der Waals surface area contributed by atoms with Gasteiger partial charge in [0, 0.05) is 23.2 Å². The summed E-state index contributed by atoms with van der Waals surface area (Å²) in [5.74, 6) is -1.42. The number of fused-ring (bicyclic) bond motifs is 3. The molecule has 9 heteroatoms. The van der Waals surface area contributed by atoms with Crippen LogP contribution in [0.4, 0.5) is 14.5 Å². The summed E-state index contributed by atoms with van der Waals surface area (Å²) in [7, 11) is -3.71. The predicted octanol–water partition coefficient (Wildman–Crippen LogP) is 5.09. The summed E-state index contributed by atoms with van der Waals surface area (Å²) in [4.78, 5) is 4.38. The summed E-state index contributed by atoms with van der Waals surface area (Å²) in [6, 6.07) is 7.27. The molecule has 6 nitrogen and oxygen atoms in total. The molecule has 2 aromatic carbocycles. The first-order chi connectivity index (χ1) is 14.9. The lowest BCUT2D eigenvalue weighted by Gasteiger charge is -2.13. The van der Waals surface area contributed by atoms with Gasteiger partial charge in [-0.3, -0.25) is 9.82 Å². The van der Waals surface area contributed by atoms with Gasteiger partial charge in [0.25, 0.3) is 0 Å². The molecule has 4 aromatic rings. The van der Waals surface area contributed by atoms with Crippen LogP contribution < -0.4 is 4.72 Å². The average molecular weight is 442 g/mol. The first-order valence-corrected chi connectivity index (χ1v) is 11.8. The van der Waals surface area contributed by atoms with Crippen molar-refractivity contribution in [2.75, 3.05) is 10.5 Å². The molecule has 1 fully saturated rings. The molecule has 160 valence electrons. The van der Waals surface area contributed by atoms with E-state index in [4.69, 9.17) is 0 Å². The highest BCUT2D eigenvalue weighted by molar-refractivity contribution is 7.92. The van der Waals surface area contributed by atoms with E-state index in [9.17, 15) is 12.8 Å². The van der Waals surface area contributed by atoms with Gasteiger partial charge >= 0.3 is 0 Å². The molecule has 1 saturated carbocycles. The van der Waals surface area contributed by atoms with Crippen molar-refractivity contribution >= 4 is 37.5 Å². The lowest BCUT2D eigenvalue weighted by molar-refractivity contribution is 0.587. The lowest BCUT2D eigenvalue weighted by atomic mass is 9.98. The van der Waals surface area contributed by atoms with Crippen LogP contribution >= 0.6 is 0 Å². The number of H-pyrrole nitrogens is 1. The number of aromatic amines is 1. The van der Waals surface area contributed by atoms with Gasteiger partial charge in [0.15, 0.2) is 11.5 Å². The number of nitrogens with zero attached hydrogens (tertiary/aromatic N) is 2. The fraction of sp³-hybridized carbons (Fsp3) is 0.273. The van der Waals surface area contributed by atoms with E-state index in [2.05, 4.69) is 19.9 Å². The largest absolute Gasteiger partial charge is 0.281 e. The Hall–Kier alpha value is -3.07. The summed E-state index contributed by atoms with van der Waals surface area (Å²) >= 11 is 0. The van der Waals surface area contributed by atoms with E-state index in [0.29, 0.717) is 23.5 Å². The van der Waals surface area contributed by atoms with Crippen LogP contribution in [0.3, 0.4) is 0 Å². The molecule has 1 aliphatic rings. The van der Waals surface area contributed by atoms with E-state index in [1.165, 1.54) is 0 Å². The summed E-state index contributed by atoms with van der Waals surface area (Å²) < 4.78 is 56.1. The minimum atomic E-state index is -3.71. The minimum Gasteiger partial charge on any atom is -0.281 e. The number of halogens is 2. The Balaban J connectivity index is 1.63. The predicted molar refractivity (Wildman–Crippen MR) is 116 cm³/mol. The third-order valence-corrected chi connectivity index (χ3v) is 7.00. The second-order valence-electron chi connectivity index (χ2n) is 7.88. The molecule has 0 saturated heterocycles. The van der Waals surface area contributed by atoms with Crippen LogP contribution in [0.25, 0.3) is 32.9 Å². The smallest absolute Gasteiger partial charge is 0.232 e. The number of nitrogens with one attached hydrogen (secondary N) is 2. The van der Waals surface area contributed by atoms with Gasteiger partial charge in [-0.1, -0.05) is 19.1 Å². The number of pyridine rings is 1. The molecule has 0 amide bonds. The lowest BCUT2D eigenvalue weighted by Crippen LogP contribution is -2.17. The number of rotatable bonds is 6. The highest BCUT2D eigenvalue weighted by atomic mass is 32.2. The van der Waals surface area contributed by atoms with Crippen molar-refractivity contribution in [3.63, 3.8) is 0 Å². The van der Waals surface area contributed by atoms with Gasteiger partial charge in [-0.15, -0.1) is 0 Å². The molecule has 0 bridgehead atoms. The van der Waals surface area contributed by atoms with Crippen LogP contribution in [0.15, 0.2) is 36.5 Å². The molecule has 0 radical (unpaired) electrons. The normalized spacial score (nSPS) is 14.4. The highest BCUT2D eigenvalue weighted by Gasteiger charge is 2.28. The minimum absolute atomic E-state index is 0.148. The Morgan fingerprint density at radius 1 is 1.19 bits per heavy atom. The molecule has 2 aromatic heterocycles. The van der Waals surface area contributed by atoms with E-state index in [-0.39, 0.29) is 17.0 Å². The summed E-state index contributed by atoms with van der Waals surface area (Å²) in [6.45, 7) is 1.71. The van der Waals surface area contributed by atoms with Crippen LogP contribution in [0.5, 0.6) is 0 Å². The van der Waals surface area contributed by atoms with Crippen molar-refractivity contribution in [2.45, 2.75) is 32.1 Å². The third kappa shape index (κ3) is 3.52. The molecule has 5 rings (SSSR count). The van der Waals surface area contributed by atoms with Crippen molar-refractivity contribution in [3.8, 4) is 11.1 Å². The summed E-state index contributed by atoms with van der Waals surface area (Å²) in [5.41, 5.74) is 1.41. The first-order valence-electron chi connectivity index (χ1n) is 10.1. The molecule has 2 N–H and O–H groups in total. The molecule has 0 aliphatic heterocycles. The summed E-state index contributed by atoms with van der Waals surface area (Å²) in [5, 5.41) is 9.92. The second kappa shape index (κ2) is 7.26. The topological polar surface area (TPSA) is 87.7 Å². The molecule has 31 heavy (non-hydrogen) atoms. The van der Waals surface area contributed by atoms with E-state index in [1.807, 2.05) is 6.07 Å². The SMILES string of the molecule is CCCS(=O)(=O)Nc1ccc(F)c(-c2ccc3c(cnc4n[nH]c(C5CC5)c43)c2)c1F. The fourth-order valence-corrected chi connectivity index (χ4v) is 5.07. The zero-order valence-corrected chi connectivity index (χ0v) is 17.6. The van der Waals surface area contributed by atoms with Gasteiger partial charge in [-0.05, 0) is 48.4 Å². The van der Waals surface area contributed by atoms with Gasteiger partial charge in [0.1, 0.15) is 5.82 Å². The van der Waals surface area contributed by atoms with Crippen molar-refractivity contribution < 1.29 is 17.2 Å². The molecular weight excluding hydrogens is 422 g/mol. The van der Waals surface area contributed by atoms with E-state index < -0.39 is 21.7 Å². The number of benzene rings is 2. The third-order valence-electron chi connectivity index (χ3n) is 5.53. The Bertz CT molecular complexity index is 1430. The first kappa shape index (κ1) is 19.9. The molecule has 0 spiro atoms. The van der Waals surface area contributed by atoms with Gasteiger partial charge in [0.2, 0.25) is 10.0 Å². The Kier molecular flexibility index (Phi) is 4.65. The van der Waals surface area contributed by atoms with Crippen LogP contribution in [0.2, 0.25) is 0 Å². The van der Waals surface area contributed by atoms with E-state index in [1.54, 1.807) is 25.3 Å². The highest BCUT2D eigenvalue weighted by Crippen LogP contribution is 2.43. The zero-order valence-electron chi connectivity index (χ0n) is 16.7. The maximum atomic E-state index is 15.2. The fourth-order valence-electron chi connectivity index (χ4n) is 3.94. The Morgan fingerprint density at radius 2 is 2.00 bits per heavy atom. The number of sulfonamides is 1. The van der Waals surface area contributed by atoms with Gasteiger partial charge in [-0.2, -0.15) is 5.10 Å². The molecular formula is C22H20F2N4O2S. The van der Waals surface area contributed by atoms with Crippen LogP contribution in [-0.2, 0) is 10.0 Å². The standard InChI is InChI=1S/C22H20F2N4O2S/c1-2-9-31(29,30)28-17-8-7-16(23)18(20(17)24)13-5-6-15-14(10-13)11-25-22-19(15)21(26-27-22)12-3-4-12/h5-8,10-12,28H,2-4,9H2,1H3,(H,25,26,27). The molecule has 2 heterocycles. The molecule has 0 unspecified atom stereocenters. The number of hydrogen-bond acceptors (Lipinski definition) is 4. The monoisotopic (exact) mass is 442 g/mol.